The van der Waals surface area contributed by atoms with Crippen molar-refractivity contribution < 1.29 is 13.2 Å². The molecular weight excluding hydrogens is 522 g/mol. The van der Waals surface area contributed by atoms with Gasteiger partial charge in [-0.2, -0.15) is 0 Å². The summed E-state index contributed by atoms with van der Waals surface area (Å²) in [6, 6.07) is 13.9. The van der Waals surface area contributed by atoms with Gasteiger partial charge in [-0.25, -0.2) is 8.42 Å². The van der Waals surface area contributed by atoms with Gasteiger partial charge in [0, 0.05) is 29.4 Å². The lowest BCUT2D eigenvalue weighted by molar-refractivity contribution is 0.502. The molecule has 0 aliphatic carbocycles. The number of hydrogen-bond donors (Lipinski definition) is 0. The SMILES string of the molecule is CS(=O)(=O)c1ccc(C2=C(c3c(Cl)c(Cl)c(Cl)c(Cl)c3Cl)Cc3ccccc3O2)cc1. The maximum atomic E-state index is 11.8. The Kier molecular flexibility index (Phi) is 6.25. The highest BCUT2D eigenvalue weighted by atomic mass is 35.5. The average Bonchev–Trinajstić information content (AvgIpc) is 2.75. The zero-order chi connectivity index (χ0) is 22.5. The molecule has 1 aliphatic rings. The number of hydrogen-bond acceptors (Lipinski definition) is 3. The van der Waals surface area contributed by atoms with Gasteiger partial charge in [-0.05, 0) is 35.9 Å². The first kappa shape index (κ1) is 22.8. The van der Waals surface area contributed by atoms with Gasteiger partial charge in [0.15, 0.2) is 9.84 Å². The molecular formula is C22H13Cl5O3S. The minimum absolute atomic E-state index is 0.0684. The lowest BCUT2D eigenvalue weighted by atomic mass is 9.92. The van der Waals surface area contributed by atoms with Crippen molar-refractivity contribution in [2.45, 2.75) is 11.3 Å². The first-order valence-corrected chi connectivity index (χ1v) is 12.7. The van der Waals surface area contributed by atoms with E-state index in [0.29, 0.717) is 34.6 Å². The normalized spacial score (nSPS) is 13.7. The Labute approximate surface area is 205 Å². The molecule has 31 heavy (non-hydrogen) atoms. The monoisotopic (exact) mass is 532 g/mol. The van der Waals surface area contributed by atoms with Gasteiger partial charge >= 0.3 is 0 Å². The molecule has 0 saturated heterocycles. The molecule has 0 spiro atoms. The Bertz CT molecular complexity index is 1320. The fraction of sp³-hybridized carbons (Fsp3) is 0.0909. The smallest absolute Gasteiger partial charge is 0.175 e. The number of rotatable bonds is 3. The quantitative estimate of drug-likeness (QED) is 0.254. The molecule has 0 aromatic heterocycles. The van der Waals surface area contributed by atoms with Crippen LogP contribution in [0.25, 0.3) is 11.3 Å². The highest BCUT2D eigenvalue weighted by Gasteiger charge is 2.29. The molecule has 3 nitrogen and oxygen atoms in total. The van der Waals surface area contributed by atoms with Crippen LogP contribution in [-0.2, 0) is 16.3 Å². The molecule has 0 amide bonds. The molecule has 3 aromatic rings. The number of fused-ring (bicyclic) bond motifs is 1. The second-order valence-electron chi connectivity index (χ2n) is 6.94. The van der Waals surface area contributed by atoms with Crippen LogP contribution in [0.1, 0.15) is 16.7 Å². The van der Waals surface area contributed by atoms with Gasteiger partial charge in [0.05, 0.1) is 30.0 Å². The first-order chi connectivity index (χ1) is 14.6. The summed E-state index contributed by atoms with van der Waals surface area (Å²) in [5, 5.41) is 0.559. The van der Waals surface area contributed by atoms with Crippen LogP contribution in [0, 0.1) is 0 Å². The van der Waals surface area contributed by atoms with Crippen molar-refractivity contribution in [1.29, 1.82) is 0 Å². The Hall–Kier alpha value is -1.40. The Morgan fingerprint density at radius 3 is 1.90 bits per heavy atom. The lowest BCUT2D eigenvalue weighted by Gasteiger charge is -2.26. The maximum absolute atomic E-state index is 11.8. The molecule has 1 aliphatic heterocycles. The van der Waals surface area contributed by atoms with Crippen LogP contribution in [0.4, 0.5) is 0 Å². The minimum Gasteiger partial charge on any atom is -0.456 e. The third kappa shape index (κ3) is 4.18. The molecule has 1 heterocycles. The highest BCUT2D eigenvalue weighted by molar-refractivity contribution is 7.90. The maximum Gasteiger partial charge on any atom is 0.175 e. The Morgan fingerprint density at radius 2 is 1.32 bits per heavy atom. The van der Waals surface area contributed by atoms with Crippen molar-refractivity contribution in [1.82, 2.24) is 0 Å². The summed E-state index contributed by atoms with van der Waals surface area (Å²) in [4.78, 5) is 0.197. The van der Waals surface area contributed by atoms with Crippen LogP contribution in [-0.4, -0.2) is 14.7 Å². The number of ether oxygens (including phenoxy) is 1. The molecule has 9 heteroatoms. The van der Waals surface area contributed by atoms with Crippen LogP contribution in [0.3, 0.4) is 0 Å². The van der Waals surface area contributed by atoms with Gasteiger partial charge in [-0.3, -0.25) is 0 Å². The van der Waals surface area contributed by atoms with Crippen LogP contribution < -0.4 is 4.74 Å². The van der Waals surface area contributed by atoms with E-state index in [1.165, 1.54) is 12.1 Å². The van der Waals surface area contributed by atoms with Gasteiger partial charge in [-0.15, -0.1) is 0 Å². The molecule has 0 atom stereocenters. The fourth-order valence-electron chi connectivity index (χ4n) is 3.35. The Morgan fingerprint density at radius 1 is 0.774 bits per heavy atom. The molecule has 0 fully saturated rings. The Balaban J connectivity index is 1.99. The van der Waals surface area contributed by atoms with E-state index in [2.05, 4.69) is 0 Å². The largest absolute Gasteiger partial charge is 0.456 e. The lowest BCUT2D eigenvalue weighted by Crippen LogP contribution is -2.10. The van der Waals surface area contributed by atoms with Crippen molar-refractivity contribution in [3.8, 4) is 5.75 Å². The summed E-state index contributed by atoms with van der Waals surface area (Å²) < 4.78 is 29.9. The van der Waals surface area contributed by atoms with Crippen LogP contribution in [0.2, 0.25) is 25.1 Å². The molecule has 0 N–H and O–H groups in total. The average molecular weight is 535 g/mol. The van der Waals surface area contributed by atoms with Gasteiger partial charge < -0.3 is 4.74 Å². The summed E-state index contributed by atoms with van der Waals surface area (Å²) in [5.41, 5.74) is 2.63. The molecule has 0 saturated carbocycles. The van der Waals surface area contributed by atoms with E-state index >= 15 is 0 Å². The van der Waals surface area contributed by atoms with E-state index in [0.717, 1.165) is 11.8 Å². The van der Waals surface area contributed by atoms with Gasteiger partial charge in [-0.1, -0.05) is 76.2 Å². The van der Waals surface area contributed by atoms with Crippen molar-refractivity contribution in [2.75, 3.05) is 6.26 Å². The number of halogens is 5. The molecule has 0 unspecified atom stereocenters. The molecule has 0 radical (unpaired) electrons. The van der Waals surface area contributed by atoms with Gasteiger partial charge in [0.25, 0.3) is 0 Å². The summed E-state index contributed by atoms with van der Waals surface area (Å²) in [6.07, 6.45) is 1.59. The highest BCUT2D eigenvalue weighted by Crippen LogP contribution is 2.50. The van der Waals surface area contributed by atoms with E-state index < -0.39 is 9.84 Å². The standard InChI is InChI=1S/C22H13Cl5O3S/c1-31(28,29)13-8-6-11(7-9-13)22-14(10-12-4-2-3-5-15(12)30-22)16-17(23)19(25)21(27)20(26)18(16)24/h2-9H,10H2,1H3. The zero-order valence-electron chi connectivity index (χ0n) is 15.8. The fourth-order valence-corrected chi connectivity index (χ4v) is 5.35. The van der Waals surface area contributed by atoms with Crippen molar-refractivity contribution in [3.63, 3.8) is 0 Å². The summed E-state index contributed by atoms with van der Waals surface area (Å²) in [5.74, 6) is 1.14. The van der Waals surface area contributed by atoms with E-state index in [1.54, 1.807) is 12.1 Å². The molecule has 160 valence electrons. The minimum atomic E-state index is -3.34. The van der Waals surface area contributed by atoms with Crippen molar-refractivity contribution in [2.24, 2.45) is 0 Å². The van der Waals surface area contributed by atoms with Crippen molar-refractivity contribution in [3.05, 3.63) is 90.3 Å². The summed E-state index contributed by atoms with van der Waals surface area (Å²) in [7, 11) is -3.34. The number of sulfone groups is 1. The second-order valence-corrected chi connectivity index (χ2v) is 10.8. The van der Waals surface area contributed by atoms with Crippen LogP contribution in [0.5, 0.6) is 5.75 Å². The summed E-state index contributed by atoms with van der Waals surface area (Å²) in [6.45, 7) is 0. The third-order valence-corrected chi connectivity index (χ3v) is 8.29. The van der Waals surface area contributed by atoms with E-state index in [9.17, 15) is 8.42 Å². The number of allylic oxidation sites excluding steroid dienone is 1. The molecule has 3 aromatic carbocycles. The van der Waals surface area contributed by atoms with Gasteiger partial charge in [0.2, 0.25) is 0 Å². The van der Waals surface area contributed by atoms with Crippen LogP contribution >= 0.6 is 58.0 Å². The zero-order valence-corrected chi connectivity index (χ0v) is 20.4. The topological polar surface area (TPSA) is 43.4 Å². The van der Waals surface area contributed by atoms with E-state index in [-0.39, 0.29) is 30.0 Å². The first-order valence-electron chi connectivity index (χ1n) is 8.90. The number of benzene rings is 3. The third-order valence-electron chi connectivity index (χ3n) is 4.88. The van der Waals surface area contributed by atoms with E-state index in [4.69, 9.17) is 62.7 Å². The van der Waals surface area contributed by atoms with Crippen molar-refractivity contribution >= 4 is 79.2 Å². The predicted molar refractivity (Wildman–Crippen MR) is 129 cm³/mol. The second kappa shape index (κ2) is 8.51. The van der Waals surface area contributed by atoms with Gasteiger partial charge in [0.1, 0.15) is 11.5 Å². The number of para-hydroxylation sites is 1. The van der Waals surface area contributed by atoms with E-state index in [1.807, 2.05) is 24.3 Å². The summed E-state index contributed by atoms with van der Waals surface area (Å²) >= 11 is 31.9. The predicted octanol–water partition coefficient (Wildman–Crippen LogP) is 7.86. The molecule has 4 rings (SSSR count). The molecule has 0 bridgehead atoms. The van der Waals surface area contributed by atoms with Crippen LogP contribution in [0.15, 0.2) is 53.4 Å².